The standard InChI is InChI=1S/C25H25ClN4O2S/c1-33(31,32)30-11-8-17(9-12-30)24-22-7-5-20(26)14-19(22)13-18(4-6-21-15-27-16-29-21)23-3-2-10-28-25(23)24/h2-7,10,13-17,24H,8-9,11-12H2,1H3,(H,27,29). The number of nitrogens with one attached hydrogen (secondary N) is 1. The first-order valence-corrected chi connectivity index (χ1v) is 13.2. The van der Waals surface area contributed by atoms with Gasteiger partial charge in [0.05, 0.1) is 30.2 Å². The maximum absolute atomic E-state index is 12.0. The summed E-state index contributed by atoms with van der Waals surface area (Å²) in [5.41, 5.74) is 6.32. The van der Waals surface area contributed by atoms with Crippen molar-refractivity contribution in [2.75, 3.05) is 19.3 Å². The molecule has 2 aliphatic rings. The third kappa shape index (κ3) is 4.53. The number of nitrogens with zero attached hydrogens (tertiary/aromatic N) is 3. The van der Waals surface area contributed by atoms with Gasteiger partial charge in [-0.25, -0.2) is 17.7 Å². The molecule has 0 bridgehead atoms. The monoisotopic (exact) mass is 480 g/mol. The summed E-state index contributed by atoms with van der Waals surface area (Å²) in [6, 6.07) is 10.1. The summed E-state index contributed by atoms with van der Waals surface area (Å²) >= 11 is 6.40. The van der Waals surface area contributed by atoms with Crippen LogP contribution in [-0.2, 0) is 10.0 Å². The number of halogens is 1. The first kappa shape index (κ1) is 22.1. The molecule has 1 aliphatic carbocycles. The van der Waals surface area contributed by atoms with Crippen molar-refractivity contribution in [3.8, 4) is 0 Å². The number of piperidine rings is 1. The van der Waals surface area contributed by atoms with Gasteiger partial charge < -0.3 is 4.98 Å². The first-order valence-electron chi connectivity index (χ1n) is 11.0. The summed E-state index contributed by atoms with van der Waals surface area (Å²) in [7, 11) is -3.18. The van der Waals surface area contributed by atoms with Gasteiger partial charge in [0.25, 0.3) is 0 Å². The largest absolute Gasteiger partial charge is 0.345 e. The van der Waals surface area contributed by atoms with Gasteiger partial charge in [0, 0.05) is 35.8 Å². The Hall–Kier alpha value is -2.74. The van der Waals surface area contributed by atoms with Gasteiger partial charge in [0.1, 0.15) is 0 Å². The molecule has 0 spiro atoms. The lowest BCUT2D eigenvalue weighted by Crippen LogP contribution is -2.39. The van der Waals surface area contributed by atoms with Crippen molar-refractivity contribution < 1.29 is 8.42 Å². The maximum atomic E-state index is 12.0. The van der Waals surface area contributed by atoms with Gasteiger partial charge >= 0.3 is 0 Å². The van der Waals surface area contributed by atoms with E-state index in [-0.39, 0.29) is 11.8 Å². The fourth-order valence-corrected chi connectivity index (χ4v) is 6.00. The second kappa shape index (κ2) is 8.89. The van der Waals surface area contributed by atoms with Crippen LogP contribution in [0.15, 0.2) is 55.1 Å². The van der Waals surface area contributed by atoms with Crippen LogP contribution in [0.1, 0.15) is 46.8 Å². The van der Waals surface area contributed by atoms with Crippen molar-refractivity contribution in [1.29, 1.82) is 0 Å². The van der Waals surface area contributed by atoms with Crippen molar-refractivity contribution >= 4 is 39.3 Å². The minimum Gasteiger partial charge on any atom is -0.345 e. The van der Waals surface area contributed by atoms with Crippen LogP contribution < -0.4 is 0 Å². The van der Waals surface area contributed by atoms with Gasteiger partial charge in [-0.15, -0.1) is 0 Å². The van der Waals surface area contributed by atoms with Gasteiger partial charge in [-0.1, -0.05) is 29.8 Å². The molecule has 0 amide bonds. The topological polar surface area (TPSA) is 79.0 Å². The van der Waals surface area contributed by atoms with Crippen LogP contribution in [0.3, 0.4) is 0 Å². The molecular weight excluding hydrogens is 456 g/mol. The van der Waals surface area contributed by atoms with Crippen LogP contribution in [-0.4, -0.2) is 47.0 Å². The molecule has 1 unspecified atom stereocenters. The lowest BCUT2D eigenvalue weighted by Gasteiger charge is -2.35. The van der Waals surface area contributed by atoms with E-state index in [1.165, 1.54) is 11.8 Å². The number of pyridine rings is 1. The number of H-pyrrole nitrogens is 1. The summed E-state index contributed by atoms with van der Waals surface area (Å²) in [4.78, 5) is 12.1. The predicted octanol–water partition coefficient (Wildman–Crippen LogP) is 4.83. The third-order valence-corrected chi connectivity index (χ3v) is 8.08. The molecule has 1 aliphatic heterocycles. The van der Waals surface area contributed by atoms with Gasteiger partial charge in [-0.2, -0.15) is 0 Å². The molecular formula is C25H25ClN4O2S. The number of benzene rings is 1. The number of sulfonamides is 1. The van der Waals surface area contributed by atoms with E-state index in [0.717, 1.165) is 40.9 Å². The van der Waals surface area contributed by atoms with Crippen molar-refractivity contribution in [3.63, 3.8) is 0 Å². The van der Waals surface area contributed by atoms with Gasteiger partial charge in [0.15, 0.2) is 0 Å². The number of fused-ring (bicyclic) bond motifs is 2. The molecule has 8 heteroatoms. The highest BCUT2D eigenvalue weighted by Gasteiger charge is 2.35. The number of aromatic amines is 1. The molecule has 1 N–H and O–H groups in total. The number of aromatic nitrogens is 3. The first-order chi connectivity index (χ1) is 15.9. The van der Waals surface area contributed by atoms with E-state index in [9.17, 15) is 8.42 Å². The lowest BCUT2D eigenvalue weighted by atomic mass is 9.76. The summed E-state index contributed by atoms with van der Waals surface area (Å²) in [6.07, 6.45) is 14.4. The Bertz CT molecular complexity index is 1320. The zero-order chi connectivity index (χ0) is 23.0. The number of hydrogen-bond acceptors (Lipinski definition) is 4. The fourth-order valence-electron chi connectivity index (χ4n) is 4.95. The molecule has 0 saturated carbocycles. The second-order valence-electron chi connectivity index (χ2n) is 8.63. The van der Waals surface area contributed by atoms with Crippen LogP contribution in [0.5, 0.6) is 0 Å². The number of rotatable bonds is 4. The highest BCUT2D eigenvalue weighted by atomic mass is 35.5. The molecule has 3 aromatic rings. The van der Waals surface area contributed by atoms with E-state index >= 15 is 0 Å². The summed E-state index contributed by atoms with van der Waals surface area (Å²) in [5.74, 6) is 0.338. The molecule has 0 radical (unpaired) electrons. The van der Waals surface area contributed by atoms with E-state index in [0.29, 0.717) is 18.1 Å². The van der Waals surface area contributed by atoms with Crippen LogP contribution in [0, 0.1) is 5.92 Å². The molecule has 1 aromatic carbocycles. The van der Waals surface area contributed by atoms with Crippen molar-refractivity contribution in [1.82, 2.24) is 19.3 Å². The van der Waals surface area contributed by atoms with Crippen LogP contribution in [0.25, 0.3) is 17.7 Å². The zero-order valence-electron chi connectivity index (χ0n) is 18.3. The van der Waals surface area contributed by atoms with E-state index in [4.69, 9.17) is 16.6 Å². The van der Waals surface area contributed by atoms with Gasteiger partial charge in [-0.3, -0.25) is 4.98 Å². The SMILES string of the molecule is CS(=O)(=O)N1CCC(C2c3ccc(Cl)cc3C=C(C=Cc3cnc[nH]3)c3cccnc32)CC1. The average Bonchev–Trinajstić information content (AvgIpc) is 3.27. The Morgan fingerprint density at radius 1 is 1.18 bits per heavy atom. The van der Waals surface area contributed by atoms with Crippen LogP contribution >= 0.6 is 11.6 Å². The molecule has 6 nitrogen and oxygen atoms in total. The highest BCUT2D eigenvalue weighted by molar-refractivity contribution is 7.88. The van der Waals surface area contributed by atoms with E-state index in [2.05, 4.69) is 34.3 Å². The smallest absolute Gasteiger partial charge is 0.211 e. The molecule has 33 heavy (non-hydrogen) atoms. The Balaban J connectivity index is 1.60. The number of allylic oxidation sites excluding steroid dienone is 2. The van der Waals surface area contributed by atoms with Gasteiger partial charge in [-0.05, 0) is 65.8 Å². The molecule has 5 rings (SSSR count). The Morgan fingerprint density at radius 3 is 2.73 bits per heavy atom. The number of imidazole rings is 1. The summed E-state index contributed by atoms with van der Waals surface area (Å²) in [5, 5.41) is 0.687. The summed E-state index contributed by atoms with van der Waals surface area (Å²) < 4.78 is 25.7. The normalized spacial score (nSPS) is 19.7. The van der Waals surface area contributed by atoms with Gasteiger partial charge in [0.2, 0.25) is 10.0 Å². The Labute approximate surface area is 199 Å². The van der Waals surface area contributed by atoms with Crippen molar-refractivity contribution in [2.24, 2.45) is 5.92 Å². The third-order valence-electron chi connectivity index (χ3n) is 6.54. The minimum atomic E-state index is -3.18. The van der Waals surface area contributed by atoms with Crippen LogP contribution in [0.2, 0.25) is 5.02 Å². The van der Waals surface area contributed by atoms with E-state index in [1.54, 1.807) is 16.8 Å². The molecule has 1 saturated heterocycles. The second-order valence-corrected chi connectivity index (χ2v) is 11.0. The zero-order valence-corrected chi connectivity index (χ0v) is 19.9. The van der Waals surface area contributed by atoms with Crippen molar-refractivity contribution in [2.45, 2.75) is 18.8 Å². The highest BCUT2D eigenvalue weighted by Crippen LogP contribution is 2.45. The quantitative estimate of drug-likeness (QED) is 0.580. The molecule has 1 atom stereocenters. The van der Waals surface area contributed by atoms with Crippen LogP contribution in [0.4, 0.5) is 0 Å². The molecule has 1 fully saturated rings. The minimum absolute atomic E-state index is 0.0597. The lowest BCUT2D eigenvalue weighted by molar-refractivity contribution is 0.256. The maximum Gasteiger partial charge on any atom is 0.211 e. The Morgan fingerprint density at radius 2 is 2.00 bits per heavy atom. The Kier molecular flexibility index (Phi) is 5.95. The molecule has 3 heterocycles. The van der Waals surface area contributed by atoms with E-state index < -0.39 is 10.0 Å². The fraction of sp³-hybridized carbons (Fsp3) is 0.280. The predicted molar refractivity (Wildman–Crippen MR) is 132 cm³/mol. The molecule has 2 aromatic heterocycles. The number of hydrogen-bond donors (Lipinski definition) is 1. The van der Waals surface area contributed by atoms with E-state index in [1.807, 2.05) is 30.5 Å². The molecule has 170 valence electrons. The summed E-state index contributed by atoms with van der Waals surface area (Å²) in [6.45, 7) is 1.07. The van der Waals surface area contributed by atoms with Crippen molar-refractivity contribution in [3.05, 3.63) is 88.2 Å². The average molecular weight is 481 g/mol.